The third-order valence-corrected chi connectivity index (χ3v) is 3.81. The molecule has 1 aliphatic heterocycles. The molecule has 5 heteroatoms. The maximum Gasteiger partial charge on any atom is 0.243 e. The smallest absolute Gasteiger partial charge is 0.243 e. The van der Waals surface area contributed by atoms with E-state index in [0.29, 0.717) is 19.5 Å². The predicted octanol–water partition coefficient (Wildman–Crippen LogP) is 0.556. The Kier molecular flexibility index (Phi) is 5.75. The summed E-state index contributed by atoms with van der Waals surface area (Å²) >= 11 is 0. The van der Waals surface area contributed by atoms with Gasteiger partial charge in [-0.15, -0.1) is 0 Å². The van der Waals surface area contributed by atoms with E-state index in [1.54, 1.807) is 11.9 Å². The van der Waals surface area contributed by atoms with Crippen LogP contribution < -0.4 is 10.6 Å². The second-order valence-corrected chi connectivity index (χ2v) is 5.26. The van der Waals surface area contributed by atoms with E-state index in [2.05, 4.69) is 22.8 Å². The molecule has 0 spiro atoms. The van der Waals surface area contributed by atoms with Gasteiger partial charge in [-0.3, -0.25) is 9.59 Å². The lowest BCUT2D eigenvalue weighted by Gasteiger charge is -2.35. The standard InChI is InChI=1S/C16H23N3O2/c1-17-16(21)14-12-18-10-11-19(14)15(20)9-5-8-13-6-3-2-4-7-13/h2-4,6-7,14,18H,5,8-12H2,1H3,(H,17,21). The fraction of sp³-hybridized carbons (Fsp3) is 0.500. The monoisotopic (exact) mass is 289 g/mol. The Morgan fingerprint density at radius 2 is 2.10 bits per heavy atom. The van der Waals surface area contributed by atoms with Gasteiger partial charge >= 0.3 is 0 Å². The molecule has 5 nitrogen and oxygen atoms in total. The van der Waals surface area contributed by atoms with Gasteiger partial charge in [0.2, 0.25) is 11.8 Å². The zero-order chi connectivity index (χ0) is 15.1. The largest absolute Gasteiger partial charge is 0.357 e. The number of nitrogens with one attached hydrogen (secondary N) is 2. The number of piperazine rings is 1. The van der Waals surface area contributed by atoms with Crippen LogP contribution in [0.25, 0.3) is 0 Å². The van der Waals surface area contributed by atoms with E-state index < -0.39 is 0 Å². The number of hydrogen-bond acceptors (Lipinski definition) is 3. The topological polar surface area (TPSA) is 61.4 Å². The van der Waals surface area contributed by atoms with Crippen molar-refractivity contribution in [1.82, 2.24) is 15.5 Å². The van der Waals surface area contributed by atoms with Gasteiger partial charge in [-0.25, -0.2) is 0 Å². The second kappa shape index (κ2) is 7.78. The highest BCUT2D eigenvalue weighted by atomic mass is 16.2. The Balaban J connectivity index is 1.84. The Morgan fingerprint density at radius 3 is 2.81 bits per heavy atom. The van der Waals surface area contributed by atoms with E-state index in [9.17, 15) is 9.59 Å². The highest BCUT2D eigenvalue weighted by Gasteiger charge is 2.30. The van der Waals surface area contributed by atoms with Crippen molar-refractivity contribution in [2.24, 2.45) is 0 Å². The summed E-state index contributed by atoms with van der Waals surface area (Å²) in [7, 11) is 1.61. The van der Waals surface area contributed by atoms with E-state index in [1.165, 1.54) is 5.56 Å². The van der Waals surface area contributed by atoms with E-state index >= 15 is 0 Å². The summed E-state index contributed by atoms with van der Waals surface area (Å²) in [6.07, 6.45) is 2.19. The van der Waals surface area contributed by atoms with Gasteiger partial charge in [0, 0.05) is 33.1 Å². The number of amides is 2. The van der Waals surface area contributed by atoms with Gasteiger partial charge in [0.15, 0.2) is 0 Å². The number of benzene rings is 1. The van der Waals surface area contributed by atoms with Gasteiger partial charge in [0.25, 0.3) is 0 Å². The number of carbonyl (C=O) groups excluding carboxylic acids is 2. The zero-order valence-electron chi connectivity index (χ0n) is 12.5. The van der Waals surface area contributed by atoms with Crippen molar-refractivity contribution < 1.29 is 9.59 Å². The van der Waals surface area contributed by atoms with Crippen molar-refractivity contribution >= 4 is 11.8 Å². The van der Waals surface area contributed by atoms with Crippen LogP contribution in [0.4, 0.5) is 0 Å². The molecule has 1 aromatic rings. The molecule has 0 aromatic heterocycles. The number of hydrogen-bond donors (Lipinski definition) is 2. The van der Waals surface area contributed by atoms with Gasteiger partial charge in [-0.1, -0.05) is 30.3 Å². The first-order valence-corrected chi connectivity index (χ1v) is 7.48. The van der Waals surface area contributed by atoms with Crippen LogP contribution in [0, 0.1) is 0 Å². The second-order valence-electron chi connectivity index (χ2n) is 5.26. The third-order valence-electron chi connectivity index (χ3n) is 3.81. The SMILES string of the molecule is CNC(=O)C1CNCCN1C(=O)CCCc1ccccc1. The molecule has 2 amide bonds. The Morgan fingerprint density at radius 1 is 1.33 bits per heavy atom. The lowest BCUT2D eigenvalue weighted by Crippen LogP contribution is -2.59. The summed E-state index contributed by atoms with van der Waals surface area (Å²) in [4.78, 5) is 25.9. The first-order valence-electron chi connectivity index (χ1n) is 7.48. The molecule has 1 unspecified atom stereocenters. The van der Waals surface area contributed by atoms with E-state index in [0.717, 1.165) is 19.4 Å². The van der Waals surface area contributed by atoms with Crippen molar-refractivity contribution in [2.45, 2.75) is 25.3 Å². The molecule has 1 fully saturated rings. The van der Waals surface area contributed by atoms with Gasteiger partial charge in [-0.05, 0) is 18.4 Å². The predicted molar refractivity (Wildman–Crippen MR) is 81.8 cm³/mol. The summed E-state index contributed by atoms with van der Waals surface area (Å²) in [6.45, 7) is 1.88. The normalized spacial score (nSPS) is 18.3. The Labute approximate surface area is 125 Å². The van der Waals surface area contributed by atoms with Crippen molar-refractivity contribution in [3.8, 4) is 0 Å². The lowest BCUT2D eigenvalue weighted by atomic mass is 10.1. The van der Waals surface area contributed by atoms with Gasteiger partial charge in [0.1, 0.15) is 6.04 Å². The molecule has 1 heterocycles. The summed E-state index contributed by atoms with van der Waals surface area (Å²) in [5.41, 5.74) is 1.24. The molecule has 2 N–H and O–H groups in total. The molecule has 1 aliphatic rings. The summed E-state index contributed by atoms with van der Waals surface area (Å²) in [6, 6.07) is 9.77. The van der Waals surface area contributed by atoms with Gasteiger partial charge in [0.05, 0.1) is 0 Å². The van der Waals surface area contributed by atoms with Crippen LogP contribution in [0.2, 0.25) is 0 Å². The number of aryl methyl sites for hydroxylation is 1. The van der Waals surface area contributed by atoms with Crippen LogP contribution in [-0.2, 0) is 16.0 Å². The molecule has 114 valence electrons. The number of nitrogens with zero attached hydrogens (tertiary/aromatic N) is 1. The summed E-state index contributed by atoms with van der Waals surface area (Å²) in [5.74, 6) is -0.0281. The summed E-state index contributed by atoms with van der Waals surface area (Å²) in [5, 5.41) is 5.79. The van der Waals surface area contributed by atoms with E-state index in [1.807, 2.05) is 18.2 Å². The highest BCUT2D eigenvalue weighted by Crippen LogP contribution is 2.10. The quantitative estimate of drug-likeness (QED) is 0.832. The molecule has 21 heavy (non-hydrogen) atoms. The molecule has 1 atom stereocenters. The molecule has 1 saturated heterocycles. The third kappa shape index (κ3) is 4.29. The van der Waals surface area contributed by atoms with Gasteiger partial charge in [-0.2, -0.15) is 0 Å². The molecular formula is C16H23N3O2. The van der Waals surface area contributed by atoms with Crippen LogP contribution in [0.5, 0.6) is 0 Å². The maximum atomic E-state index is 12.3. The van der Waals surface area contributed by atoms with Gasteiger partial charge < -0.3 is 15.5 Å². The lowest BCUT2D eigenvalue weighted by molar-refractivity contribution is -0.141. The van der Waals surface area contributed by atoms with Crippen LogP contribution in [0.15, 0.2) is 30.3 Å². The highest BCUT2D eigenvalue weighted by molar-refractivity contribution is 5.88. The Hall–Kier alpha value is -1.88. The van der Waals surface area contributed by atoms with Crippen molar-refractivity contribution in [3.05, 3.63) is 35.9 Å². The number of carbonyl (C=O) groups is 2. The molecule has 0 radical (unpaired) electrons. The first-order chi connectivity index (χ1) is 10.2. The minimum Gasteiger partial charge on any atom is -0.357 e. The van der Waals surface area contributed by atoms with Crippen molar-refractivity contribution in [1.29, 1.82) is 0 Å². The van der Waals surface area contributed by atoms with E-state index in [4.69, 9.17) is 0 Å². The maximum absolute atomic E-state index is 12.3. The fourth-order valence-electron chi connectivity index (χ4n) is 2.64. The summed E-state index contributed by atoms with van der Waals surface area (Å²) < 4.78 is 0. The molecule has 0 aliphatic carbocycles. The molecular weight excluding hydrogens is 266 g/mol. The number of likely N-dealkylation sites (N-methyl/N-ethyl adjacent to an activating group) is 1. The molecule has 0 bridgehead atoms. The fourth-order valence-corrected chi connectivity index (χ4v) is 2.64. The van der Waals surface area contributed by atoms with Crippen LogP contribution in [0.1, 0.15) is 18.4 Å². The zero-order valence-corrected chi connectivity index (χ0v) is 12.5. The van der Waals surface area contributed by atoms with Crippen LogP contribution in [-0.4, -0.2) is 49.4 Å². The minimum atomic E-state index is -0.382. The van der Waals surface area contributed by atoms with E-state index in [-0.39, 0.29) is 17.9 Å². The minimum absolute atomic E-state index is 0.0704. The van der Waals surface area contributed by atoms with Crippen molar-refractivity contribution in [2.75, 3.05) is 26.7 Å². The number of rotatable bonds is 5. The van der Waals surface area contributed by atoms with Crippen LogP contribution >= 0.6 is 0 Å². The molecule has 2 rings (SSSR count). The molecule has 0 saturated carbocycles. The van der Waals surface area contributed by atoms with Crippen molar-refractivity contribution in [3.63, 3.8) is 0 Å². The Bertz CT molecular complexity index is 476. The first kappa shape index (κ1) is 15.5. The molecule has 1 aromatic carbocycles. The average Bonchev–Trinajstić information content (AvgIpc) is 2.55. The van der Waals surface area contributed by atoms with Crippen LogP contribution in [0.3, 0.4) is 0 Å². The average molecular weight is 289 g/mol.